The van der Waals surface area contributed by atoms with Crippen LogP contribution in [0.2, 0.25) is 0 Å². The molecule has 21 heavy (non-hydrogen) atoms. The molecule has 0 saturated carbocycles. The summed E-state index contributed by atoms with van der Waals surface area (Å²) in [5, 5.41) is 6.00. The molecule has 3 heterocycles. The number of hydrogen-bond donors (Lipinski definition) is 1. The van der Waals surface area contributed by atoms with Crippen LogP contribution in [0.25, 0.3) is 0 Å². The molecule has 2 atom stereocenters. The van der Waals surface area contributed by atoms with Crippen molar-refractivity contribution < 1.29 is 0 Å². The van der Waals surface area contributed by atoms with Gasteiger partial charge in [0, 0.05) is 36.9 Å². The first-order valence-electron chi connectivity index (χ1n) is 7.77. The number of nitrogens with one attached hydrogen (secondary N) is 1. The van der Waals surface area contributed by atoms with Crippen molar-refractivity contribution in [3.8, 4) is 0 Å². The Morgan fingerprint density at radius 3 is 3.10 bits per heavy atom. The minimum absolute atomic E-state index is 0.201. The van der Waals surface area contributed by atoms with Gasteiger partial charge in [-0.3, -0.25) is 5.32 Å². The van der Waals surface area contributed by atoms with Gasteiger partial charge in [0.1, 0.15) is 11.9 Å². The van der Waals surface area contributed by atoms with E-state index in [1.807, 2.05) is 12.4 Å². The van der Waals surface area contributed by atoms with Gasteiger partial charge in [-0.05, 0) is 37.4 Å². The number of imidazole rings is 1. The van der Waals surface area contributed by atoms with Crippen LogP contribution in [-0.2, 0) is 7.05 Å². The van der Waals surface area contributed by atoms with Gasteiger partial charge in [-0.2, -0.15) is 0 Å². The van der Waals surface area contributed by atoms with Crippen LogP contribution in [0.15, 0.2) is 29.9 Å². The van der Waals surface area contributed by atoms with Gasteiger partial charge in [0.15, 0.2) is 0 Å². The van der Waals surface area contributed by atoms with Crippen LogP contribution in [0.5, 0.6) is 0 Å². The highest BCUT2D eigenvalue weighted by Gasteiger charge is 2.25. The molecular formula is C16H24N4S. The first kappa shape index (κ1) is 14.8. The van der Waals surface area contributed by atoms with Crippen LogP contribution in [0.1, 0.15) is 36.5 Å². The van der Waals surface area contributed by atoms with Crippen molar-refractivity contribution in [1.29, 1.82) is 0 Å². The minimum Gasteiger partial charge on any atom is -0.336 e. The molecule has 1 aliphatic heterocycles. The Morgan fingerprint density at radius 1 is 1.52 bits per heavy atom. The maximum Gasteiger partial charge on any atom is 0.131 e. The maximum absolute atomic E-state index is 4.57. The molecule has 1 fully saturated rings. The SMILES string of the molecule is CCN1CCCC(NC(c2cccs2)c2nccn2C)C1. The summed E-state index contributed by atoms with van der Waals surface area (Å²) < 4.78 is 2.12. The number of likely N-dealkylation sites (tertiary alicyclic amines) is 1. The Balaban J connectivity index is 1.79. The Labute approximate surface area is 130 Å². The highest BCUT2D eigenvalue weighted by Crippen LogP contribution is 2.26. The van der Waals surface area contributed by atoms with Gasteiger partial charge in [-0.25, -0.2) is 4.98 Å². The van der Waals surface area contributed by atoms with Crippen LogP contribution in [0, 0.1) is 0 Å². The van der Waals surface area contributed by atoms with Gasteiger partial charge >= 0.3 is 0 Å². The van der Waals surface area contributed by atoms with Gasteiger partial charge in [-0.15, -0.1) is 11.3 Å². The summed E-state index contributed by atoms with van der Waals surface area (Å²) in [7, 11) is 2.07. The average molecular weight is 304 g/mol. The topological polar surface area (TPSA) is 33.1 Å². The van der Waals surface area contributed by atoms with E-state index >= 15 is 0 Å². The summed E-state index contributed by atoms with van der Waals surface area (Å²) in [6, 6.07) is 5.07. The fourth-order valence-corrected chi connectivity index (χ4v) is 3.89. The quantitative estimate of drug-likeness (QED) is 0.922. The van der Waals surface area contributed by atoms with E-state index in [0.29, 0.717) is 6.04 Å². The highest BCUT2D eigenvalue weighted by atomic mass is 32.1. The van der Waals surface area contributed by atoms with Gasteiger partial charge in [0.25, 0.3) is 0 Å². The molecule has 0 bridgehead atoms. The van der Waals surface area contributed by atoms with Crippen molar-refractivity contribution in [1.82, 2.24) is 19.8 Å². The smallest absolute Gasteiger partial charge is 0.131 e. The van der Waals surface area contributed by atoms with Crippen molar-refractivity contribution in [2.75, 3.05) is 19.6 Å². The molecule has 2 aromatic rings. The molecule has 2 unspecified atom stereocenters. The second-order valence-electron chi connectivity index (χ2n) is 5.74. The van der Waals surface area contributed by atoms with E-state index in [4.69, 9.17) is 0 Å². The predicted octanol–water partition coefficient (Wildman–Crippen LogP) is 2.64. The second-order valence-corrected chi connectivity index (χ2v) is 6.72. The van der Waals surface area contributed by atoms with E-state index < -0.39 is 0 Å². The van der Waals surface area contributed by atoms with E-state index in [9.17, 15) is 0 Å². The van der Waals surface area contributed by atoms with Crippen molar-refractivity contribution in [3.63, 3.8) is 0 Å². The Morgan fingerprint density at radius 2 is 2.43 bits per heavy atom. The molecule has 0 aromatic carbocycles. The summed E-state index contributed by atoms with van der Waals surface area (Å²) in [5.74, 6) is 1.10. The third-order valence-corrected chi connectivity index (χ3v) is 5.24. The second kappa shape index (κ2) is 6.73. The molecule has 114 valence electrons. The Kier molecular flexibility index (Phi) is 4.73. The Bertz CT molecular complexity index is 548. The molecule has 4 nitrogen and oxygen atoms in total. The van der Waals surface area contributed by atoms with E-state index in [2.05, 4.69) is 51.3 Å². The largest absolute Gasteiger partial charge is 0.336 e. The molecule has 1 saturated heterocycles. The average Bonchev–Trinajstić information content (AvgIpc) is 3.17. The lowest BCUT2D eigenvalue weighted by atomic mass is 10.0. The molecule has 1 N–H and O–H groups in total. The molecule has 0 radical (unpaired) electrons. The zero-order chi connectivity index (χ0) is 14.7. The van der Waals surface area contributed by atoms with Crippen molar-refractivity contribution in [2.24, 2.45) is 7.05 Å². The zero-order valence-corrected chi connectivity index (χ0v) is 13.6. The lowest BCUT2D eigenvalue weighted by molar-refractivity contribution is 0.193. The molecule has 0 amide bonds. The molecular weight excluding hydrogens is 280 g/mol. The van der Waals surface area contributed by atoms with Gasteiger partial charge < -0.3 is 9.47 Å². The van der Waals surface area contributed by atoms with Gasteiger partial charge in [0.05, 0.1) is 0 Å². The standard InChI is InChI=1S/C16H24N4S/c1-3-20-9-4-6-13(12-20)18-15(14-7-5-11-21-14)16-17-8-10-19(16)2/h5,7-8,10-11,13,15,18H,3-4,6,9,12H2,1-2H3. The normalized spacial score (nSPS) is 21.5. The summed E-state index contributed by atoms with van der Waals surface area (Å²) in [4.78, 5) is 8.45. The van der Waals surface area contributed by atoms with Crippen molar-refractivity contribution in [3.05, 3.63) is 40.6 Å². The van der Waals surface area contributed by atoms with E-state index in [1.165, 1.54) is 24.3 Å². The van der Waals surface area contributed by atoms with Gasteiger partial charge in [-0.1, -0.05) is 13.0 Å². The van der Waals surface area contributed by atoms with Crippen LogP contribution in [0.3, 0.4) is 0 Å². The fourth-order valence-electron chi connectivity index (χ4n) is 3.11. The number of piperidine rings is 1. The molecule has 5 heteroatoms. The summed E-state index contributed by atoms with van der Waals surface area (Å²) in [6.45, 7) is 5.77. The molecule has 3 rings (SSSR count). The van der Waals surface area contributed by atoms with E-state index in [0.717, 1.165) is 18.9 Å². The first-order chi connectivity index (χ1) is 10.3. The number of aromatic nitrogens is 2. The molecule has 0 spiro atoms. The molecule has 1 aliphatic rings. The lowest BCUT2D eigenvalue weighted by Crippen LogP contribution is -2.47. The highest BCUT2D eigenvalue weighted by molar-refractivity contribution is 7.10. The number of nitrogens with zero attached hydrogens (tertiary/aromatic N) is 3. The van der Waals surface area contributed by atoms with Crippen LogP contribution < -0.4 is 5.32 Å². The first-order valence-corrected chi connectivity index (χ1v) is 8.65. The van der Waals surface area contributed by atoms with Crippen molar-refractivity contribution in [2.45, 2.75) is 31.8 Å². The summed E-state index contributed by atoms with van der Waals surface area (Å²) in [6.07, 6.45) is 6.44. The van der Waals surface area contributed by atoms with Crippen molar-refractivity contribution >= 4 is 11.3 Å². The number of likely N-dealkylation sites (N-methyl/N-ethyl adjacent to an activating group) is 1. The van der Waals surface area contributed by atoms with E-state index in [-0.39, 0.29) is 6.04 Å². The number of hydrogen-bond acceptors (Lipinski definition) is 4. The van der Waals surface area contributed by atoms with Crippen LogP contribution in [-0.4, -0.2) is 40.1 Å². The molecule has 0 aliphatic carbocycles. The number of aryl methyl sites for hydroxylation is 1. The zero-order valence-electron chi connectivity index (χ0n) is 12.8. The minimum atomic E-state index is 0.201. The third-order valence-electron chi connectivity index (χ3n) is 4.30. The molecule has 2 aromatic heterocycles. The summed E-state index contributed by atoms with van der Waals surface area (Å²) in [5.41, 5.74) is 0. The van der Waals surface area contributed by atoms with E-state index in [1.54, 1.807) is 11.3 Å². The van der Waals surface area contributed by atoms with Crippen LogP contribution in [0.4, 0.5) is 0 Å². The number of thiophene rings is 1. The maximum atomic E-state index is 4.57. The predicted molar refractivity (Wildman–Crippen MR) is 87.6 cm³/mol. The summed E-state index contributed by atoms with van der Waals surface area (Å²) >= 11 is 1.80. The number of rotatable bonds is 5. The monoisotopic (exact) mass is 304 g/mol. The Hall–Kier alpha value is -1.17. The van der Waals surface area contributed by atoms with Crippen LogP contribution >= 0.6 is 11.3 Å². The van der Waals surface area contributed by atoms with Gasteiger partial charge in [0.2, 0.25) is 0 Å². The fraction of sp³-hybridized carbons (Fsp3) is 0.562. The lowest BCUT2D eigenvalue weighted by Gasteiger charge is -2.34. The third kappa shape index (κ3) is 3.36.